The number of rotatable bonds is 6. The van der Waals surface area contributed by atoms with Crippen LogP contribution in [-0.2, 0) is 10.1 Å². The van der Waals surface area contributed by atoms with Gasteiger partial charge < -0.3 is 10.5 Å². The summed E-state index contributed by atoms with van der Waals surface area (Å²) in [6.45, 7) is 5.69. The second-order valence-electron chi connectivity index (χ2n) is 8.34. The maximum Gasteiger partial charge on any atom is 0.295 e. The van der Waals surface area contributed by atoms with Crippen molar-refractivity contribution in [3.63, 3.8) is 0 Å². The number of benzene rings is 4. The van der Waals surface area contributed by atoms with Gasteiger partial charge in [-0.15, -0.1) is 0 Å². The molecular weight excluding hydrogens is 478 g/mol. The van der Waals surface area contributed by atoms with E-state index in [2.05, 4.69) is 20.5 Å². The molecule has 0 atom stereocenters. The molecule has 4 aromatic carbocycles. The third-order valence-electron chi connectivity index (χ3n) is 5.71. The van der Waals surface area contributed by atoms with Crippen molar-refractivity contribution in [2.45, 2.75) is 25.7 Å². The van der Waals surface area contributed by atoms with Crippen LogP contribution < -0.4 is 10.5 Å². The molecular formula is C26H25N5O4S. The number of aryl methyl sites for hydroxylation is 3. The molecule has 0 saturated carbocycles. The van der Waals surface area contributed by atoms with Crippen molar-refractivity contribution in [1.82, 2.24) is 0 Å². The molecule has 0 aliphatic rings. The van der Waals surface area contributed by atoms with Gasteiger partial charge in [0.1, 0.15) is 10.6 Å². The fraction of sp³-hybridized carbons (Fsp3) is 0.154. The van der Waals surface area contributed by atoms with Gasteiger partial charge in [0.05, 0.1) is 35.5 Å². The first-order chi connectivity index (χ1) is 17.1. The number of ether oxygens (including phenoxy) is 1. The largest absolute Gasteiger partial charge is 0.495 e. The topological polar surface area (TPSA) is 139 Å². The molecule has 0 spiro atoms. The van der Waals surface area contributed by atoms with E-state index in [1.807, 2.05) is 32.9 Å². The summed E-state index contributed by atoms with van der Waals surface area (Å²) in [5.41, 5.74) is 11.5. The van der Waals surface area contributed by atoms with Crippen LogP contribution in [0.5, 0.6) is 5.75 Å². The second-order valence-corrected chi connectivity index (χ2v) is 9.73. The lowest BCUT2D eigenvalue weighted by atomic mass is 10.1. The summed E-state index contributed by atoms with van der Waals surface area (Å²) in [5.74, 6) is 0.538. The smallest absolute Gasteiger partial charge is 0.295 e. The minimum atomic E-state index is -4.37. The third-order valence-corrected chi connectivity index (χ3v) is 6.62. The predicted molar refractivity (Wildman–Crippen MR) is 140 cm³/mol. The van der Waals surface area contributed by atoms with Crippen molar-refractivity contribution in [3.05, 3.63) is 77.4 Å². The zero-order valence-corrected chi connectivity index (χ0v) is 21.0. The minimum absolute atomic E-state index is 0.173. The first kappa shape index (κ1) is 25.0. The van der Waals surface area contributed by atoms with Crippen LogP contribution in [0, 0.1) is 20.8 Å². The van der Waals surface area contributed by atoms with Crippen LogP contribution in [-0.4, -0.2) is 20.1 Å². The van der Waals surface area contributed by atoms with Crippen LogP contribution in [0.4, 0.5) is 28.4 Å². The molecule has 3 N–H and O–H groups in total. The van der Waals surface area contributed by atoms with Gasteiger partial charge in [-0.3, -0.25) is 4.55 Å². The average Bonchev–Trinajstić information content (AvgIpc) is 2.83. The molecule has 0 saturated heterocycles. The van der Waals surface area contributed by atoms with Crippen LogP contribution in [0.2, 0.25) is 0 Å². The fourth-order valence-corrected chi connectivity index (χ4v) is 4.43. The molecule has 184 valence electrons. The maximum atomic E-state index is 11.7. The van der Waals surface area contributed by atoms with Crippen molar-refractivity contribution >= 4 is 49.3 Å². The number of anilines is 1. The van der Waals surface area contributed by atoms with E-state index in [9.17, 15) is 13.0 Å². The van der Waals surface area contributed by atoms with Crippen molar-refractivity contribution in [1.29, 1.82) is 0 Å². The summed E-state index contributed by atoms with van der Waals surface area (Å²) in [5, 5.41) is 18.4. The highest BCUT2D eigenvalue weighted by Crippen LogP contribution is 2.35. The van der Waals surface area contributed by atoms with Gasteiger partial charge in [0.15, 0.2) is 0 Å². The molecule has 0 aliphatic carbocycles. The second kappa shape index (κ2) is 9.84. The SMILES string of the molecule is COc1cc(N=Nc2cc(C)c(N=Nc3ccc4cccc(S(=O)(=O)O)c4c3)cc2C)c(C)cc1N. The number of nitrogens with zero attached hydrogens (tertiary/aromatic N) is 4. The third kappa shape index (κ3) is 5.24. The molecule has 0 radical (unpaired) electrons. The summed E-state index contributed by atoms with van der Waals surface area (Å²) >= 11 is 0. The van der Waals surface area contributed by atoms with Gasteiger partial charge in [0.25, 0.3) is 10.1 Å². The highest BCUT2D eigenvalue weighted by atomic mass is 32.2. The van der Waals surface area contributed by atoms with Gasteiger partial charge in [-0.2, -0.15) is 28.9 Å². The number of hydrogen-bond donors (Lipinski definition) is 2. The predicted octanol–water partition coefficient (Wildman–Crippen LogP) is 7.43. The summed E-state index contributed by atoms with van der Waals surface area (Å²) in [4.78, 5) is -0.173. The molecule has 0 fully saturated rings. The summed E-state index contributed by atoms with van der Waals surface area (Å²) in [7, 11) is -2.82. The standard InChI is InChI=1S/C26H25N5O4S/c1-15-10-21(27)25(35-4)14-24(15)31-30-23-12-16(2)22(11-17(23)3)29-28-19-9-8-18-6-5-7-26(20(18)13-19)36(32,33)34/h5-14H,27H2,1-4H3,(H,32,33,34). The highest BCUT2D eigenvalue weighted by Gasteiger charge is 2.14. The van der Waals surface area contributed by atoms with E-state index in [0.29, 0.717) is 45.0 Å². The lowest BCUT2D eigenvalue weighted by molar-refractivity contribution is 0.417. The number of fused-ring (bicyclic) bond motifs is 1. The lowest BCUT2D eigenvalue weighted by Crippen LogP contribution is -1.98. The van der Waals surface area contributed by atoms with Crippen molar-refractivity contribution < 1.29 is 17.7 Å². The Hall–Kier alpha value is -4.15. The Balaban J connectivity index is 1.63. The summed E-state index contributed by atoms with van der Waals surface area (Å²) in [6, 6.07) is 17.0. The zero-order chi connectivity index (χ0) is 26.0. The van der Waals surface area contributed by atoms with E-state index in [1.165, 1.54) is 6.07 Å². The Bertz CT molecular complexity index is 1650. The van der Waals surface area contributed by atoms with E-state index >= 15 is 0 Å². The molecule has 9 nitrogen and oxygen atoms in total. The Morgan fingerprint density at radius 2 is 1.36 bits per heavy atom. The number of hydrogen-bond acceptors (Lipinski definition) is 8. The normalized spacial score (nSPS) is 12.1. The molecule has 0 aliphatic heterocycles. The number of nitrogen functional groups attached to an aromatic ring is 1. The number of nitrogens with two attached hydrogens (primary N) is 1. The van der Waals surface area contributed by atoms with Gasteiger partial charge in [0, 0.05) is 11.5 Å². The van der Waals surface area contributed by atoms with Gasteiger partial charge >= 0.3 is 0 Å². The minimum Gasteiger partial charge on any atom is -0.495 e. The quantitative estimate of drug-likeness (QED) is 0.160. The molecule has 36 heavy (non-hydrogen) atoms. The van der Waals surface area contributed by atoms with Crippen molar-refractivity contribution in [2.75, 3.05) is 12.8 Å². The molecule has 10 heteroatoms. The van der Waals surface area contributed by atoms with Crippen molar-refractivity contribution in [2.24, 2.45) is 20.5 Å². The first-order valence-electron chi connectivity index (χ1n) is 11.0. The lowest BCUT2D eigenvalue weighted by Gasteiger charge is -2.08. The van der Waals surface area contributed by atoms with Crippen LogP contribution in [0.15, 0.2) is 86.0 Å². The molecule has 0 amide bonds. The molecule has 0 aromatic heterocycles. The zero-order valence-electron chi connectivity index (χ0n) is 20.2. The molecule has 0 heterocycles. The van der Waals surface area contributed by atoms with Gasteiger partial charge in [0.2, 0.25) is 0 Å². The number of azo groups is 2. The van der Waals surface area contributed by atoms with Crippen molar-refractivity contribution in [3.8, 4) is 5.75 Å². The van der Waals surface area contributed by atoms with E-state index in [-0.39, 0.29) is 4.90 Å². The Labute approximate surface area is 209 Å². The van der Waals surface area contributed by atoms with E-state index < -0.39 is 10.1 Å². The van der Waals surface area contributed by atoms with Crippen LogP contribution in [0.1, 0.15) is 16.7 Å². The monoisotopic (exact) mass is 503 g/mol. The molecule has 4 aromatic rings. The van der Waals surface area contributed by atoms with Gasteiger partial charge in [-0.05, 0) is 79.2 Å². The maximum absolute atomic E-state index is 11.7. The highest BCUT2D eigenvalue weighted by molar-refractivity contribution is 7.86. The van der Waals surface area contributed by atoms with E-state index in [1.54, 1.807) is 49.6 Å². The Morgan fingerprint density at radius 3 is 1.97 bits per heavy atom. The molecule has 0 bridgehead atoms. The van der Waals surface area contributed by atoms with Crippen LogP contribution >= 0.6 is 0 Å². The van der Waals surface area contributed by atoms with Gasteiger partial charge in [-0.1, -0.05) is 18.2 Å². The first-order valence-corrected chi connectivity index (χ1v) is 12.4. The summed E-state index contributed by atoms with van der Waals surface area (Å²) in [6.07, 6.45) is 0. The van der Waals surface area contributed by atoms with Crippen LogP contribution in [0.3, 0.4) is 0 Å². The van der Waals surface area contributed by atoms with Gasteiger partial charge in [-0.25, -0.2) is 0 Å². The average molecular weight is 504 g/mol. The summed E-state index contributed by atoms with van der Waals surface area (Å²) < 4.78 is 38.3. The Morgan fingerprint density at radius 1 is 0.778 bits per heavy atom. The molecule has 0 unspecified atom stereocenters. The molecule has 4 rings (SSSR count). The van der Waals surface area contributed by atoms with Crippen LogP contribution in [0.25, 0.3) is 10.8 Å². The van der Waals surface area contributed by atoms with E-state index in [4.69, 9.17) is 10.5 Å². The number of methoxy groups -OCH3 is 1. The fourth-order valence-electron chi connectivity index (χ4n) is 3.72. The van der Waals surface area contributed by atoms with E-state index in [0.717, 1.165) is 16.7 Å². The Kier molecular flexibility index (Phi) is 6.82.